The number of ether oxygens (including phenoxy) is 2. The second kappa shape index (κ2) is 9.77. The van der Waals surface area contributed by atoms with Crippen molar-refractivity contribution in [1.82, 2.24) is 10.3 Å². The molecule has 0 atom stereocenters. The first-order chi connectivity index (χ1) is 13.7. The predicted molar refractivity (Wildman–Crippen MR) is 105 cm³/mol. The van der Waals surface area contributed by atoms with E-state index in [1.165, 1.54) is 13.3 Å². The Kier molecular flexibility index (Phi) is 6.89. The zero-order chi connectivity index (χ0) is 19.8. The highest BCUT2D eigenvalue weighted by atomic mass is 16.5. The molecule has 1 fully saturated rings. The van der Waals surface area contributed by atoms with Gasteiger partial charge in [0.15, 0.2) is 0 Å². The van der Waals surface area contributed by atoms with Crippen molar-refractivity contribution in [2.45, 2.75) is 6.54 Å². The van der Waals surface area contributed by atoms with Crippen molar-refractivity contribution in [1.29, 1.82) is 0 Å². The molecule has 0 bridgehead atoms. The molecule has 3 rings (SSSR count). The Morgan fingerprint density at radius 2 is 1.71 bits per heavy atom. The summed E-state index contributed by atoms with van der Waals surface area (Å²) in [6, 6.07) is 14.2. The van der Waals surface area contributed by atoms with Crippen LogP contribution in [0.4, 0.5) is 0 Å². The Bertz CT molecular complexity index is 826. The minimum absolute atomic E-state index is 0.277. The van der Waals surface area contributed by atoms with Crippen LogP contribution in [0.3, 0.4) is 0 Å². The molecule has 0 aromatic heterocycles. The number of carbonyl (C=O) groups is 2. The maximum atomic E-state index is 12.2. The number of hydrazone groups is 1. The molecule has 7 heteroatoms. The average molecular weight is 381 g/mol. The molecule has 0 aliphatic carbocycles. The summed E-state index contributed by atoms with van der Waals surface area (Å²) in [4.78, 5) is 25.9. The number of carbonyl (C=O) groups excluding carboxylic acids is 2. The summed E-state index contributed by atoms with van der Waals surface area (Å²) in [6.07, 6.45) is 1.52. The predicted octanol–water partition coefficient (Wildman–Crippen LogP) is 2.07. The molecule has 1 saturated heterocycles. The fourth-order valence-corrected chi connectivity index (χ4v) is 2.83. The molecular formula is C21H23N3O4. The standard InChI is InChI=1S/C21H23N3O4/c1-27-21(26)19-8-2-16(3-9-19)14-22-23-20(25)18-6-4-17(5-7-18)15-24-10-12-28-13-11-24/h2-9,14H,10-13,15H2,1H3,(H,23,25)/b22-14-. The molecule has 0 spiro atoms. The van der Waals surface area contributed by atoms with Crippen molar-refractivity contribution >= 4 is 18.1 Å². The number of methoxy groups -OCH3 is 1. The monoisotopic (exact) mass is 381 g/mol. The molecule has 1 aliphatic heterocycles. The first kappa shape index (κ1) is 19.7. The van der Waals surface area contributed by atoms with Crippen LogP contribution in [0.25, 0.3) is 0 Å². The van der Waals surface area contributed by atoms with E-state index < -0.39 is 5.97 Å². The van der Waals surface area contributed by atoms with Crippen LogP contribution in [0.5, 0.6) is 0 Å². The Balaban J connectivity index is 1.51. The third-order valence-corrected chi connectivity index (χ3v) is 4.44. The largest absolute Gasteiger partial charge is 0.465 e. The Labute approximate surface area is 163 Å². The van der Waals surface area contributed by atoms with E-state index in [2.05, 4.69) is 20.2 Å². The first-order valence-electron chi connectivity index (χ1n) is 9.06. The summed E-state index contributed by atoms with van der Waals surface area (Å²) in [5.74, 6) is -0.672. The number of rotatable bonds is 6. The lowest BCUT2D eigenvalue weighted by Crippen LogP contribution is -2.35. The van der Waals surface area contributed by atoms with Gasteiger partial charge in [0.1, 0.15) is 0 Å². The van der Waals surface area contributed by atoms with E-state index in [1.807, 2.05) is 12.1 Å². The van der Waals surface area contributed by atoms with Crippen LogP contribution < -0.4 is 5.43 Å². The van der Waals surface area contributed by atoms with E-state index in [4.69, 9.17) is 4.74 Å². The molecule has 1 amide bonds. The van der Waals surface area contributed by atoms with E-state index in [1.54, 1.807) is 36.4 Å². The SMILES string of the molecule is COC(=O)c1ccc(/C=N\NC(=O)c2ccc(CN3CCOCC3)cc2)cc1. The molecule has 1 N–H and O–H groups in total. The molecule has 1 heterocycles. The van der Waals surface area contributed by atoms with Crippen molar-refractivity contribution in [3.05, 3.63) is 70.8 Å². The molecule has 1 aliphatic rings. The topological polar surface area (TPSA) is 80.2 Å². The van der Waals surface area contributed by atoms with Gasteiger partial charge in [-0.05, 0) is 35.4 Å². The minimum atomic E-state index is -0.395. The molecule has 7 nitrogen and oxygen atoms in total. The van der Waals surface area contributed by atoms with Crippen LogP contribution in [0.2, 0.25) is 0 Å². The summed E-state index contributed by atoms with van der Waals surface area (Å²) in [5.41, 5.74) is 5.43. The number of amides is 1. The normalized spacial score (nSPS) is 14.8. The maximum absolute atomic E-state index is 12.2. The van der Waals surface area contributed by atoms with Crippen LogP contribution in [-0.2, 0) is 16.0 Å². The Hall–Kier alpha value is -3.03. The quantitative estimate of drug-likeness (QED) is 0.471. The number of nitrogens with zero attached hydrogens (tertiary/aromatic N) is 2. The lowest BCUT2D eigenvalue weighted by molar-refractivity contribution is 0.0342. The van der Waals surface area contributed by atoms with Gasteiger partial charge >= 0.3 is 5.97 Å². The number of nitrogens with one attached hydrogen (secondary N) is 1. The van der Waals surface area contributed by atoms with E-state index in [9.17, 15) is 9.59 Å². The van der Waals surface area contributed by atoms with E-state index >= 15 is 0 Å². The zero-order valence-corrected chi connectivity index (χ0v) is 15.8. The first-order valence-corrected chi connectivity index (χ1v) is 9.06. The van der Waals surface area contributed by atoms with Crippen molar-refractivity contribution in [3.8, 4) is 0 Å². The Morgan fingerprint density at radius 1 is 1.07 bits per heavy atom. The van der Waals surface area contributed by atoms with E-state index in [0.29, 0.717) is 11.1 Å². The molecule has 146 valence electrons. The summed E-state index contributed by atoms with van der Waals surface area (Å²) >= 11 is 0. The molecule has 0 radical (unpaired) electrons. The van der Waals surface area contributed by atoms with Gasteiger partial charge in [-0.15, -0.1) is 0 Å². The number of hydrogen-bond donors (Lipinski definition) is 1. The van der Waals surface area contributed by atoms with E-state index in [0.717, 1.165) is 44.0 Å². The summed E-state index contributed by atoms with van der Waals surface area (Å²) in [5, 5.41) is 3.97. The van der Waals surface area contributed by atoms with Gasteiger partial charge in [0, 0.05) is 25.2 Å². The van der Waals surface area contributed by atoms with Crippen LogP contribution in [0.1, 0.15) is 31.8 Å². The Morgan fingerprint density at radius 3 is 2.36 bits per heavy atom. The lowest BCUT2D eigenvalue weighted by atomic mass is 10.1. The summed E-state index contributed by atoms with van der Waals surface area (Å²) in [7, 11) is 1.34. The lowest BCUT2D eigenvalue weighted by Gasteiger charge is -2.26. The van der Waals surface area contributed by atoms with Crippen LogP contribution in [-0.4, -0.2) is 56.4 Å². The van der Waals surface area contributed by atoms with Gasteiger partial charge < -0.3 is 9.47 Å². The van der Waals surface area contributed by atoms with Gasteiger partial charge in [0.05, 0.1) is 32.1 Å². The number of morpholine rings is 1. The van der Waals surface area contributed by atoms with E-state index in [-0.39, 0.29) is 5.91 Å². The van der Waals surface area contributed by atoms with Crippen molar-refractivity contribution in [2.24, 2.45) is 5.10 Å². The third kappa shape index (κ3) is 5.48. The smallest absolute Gasteiger partial charge is 0.337 e. The summed E-state index contributed by atoms with van der Waals surface area (Å²) in [6.45, 7) is 4.24. The van der Waals surface area contributed by atoms with Gasteiger partial charge in [-0.2, -0.15) is 5.10 Å². The molecule has 0 unspecified atom stereocenters. The van der Waals surface area contributed by atoms with Crippen molar-refractivity contribution in [3.63, 3.8) is 0 Å². The number of benzene rings is 2. The molecular weight excluding hydrogens is 358 g/mol. The highest BCUT2D eigenvalue weighted by Gasteiger charge is 2.11. The zero-order valence-electron chi connectivity index (χ0n) is 15.8. The molecule has 2 aromatic carbocycles. The highest BCUT2D eigenvalue weighted by Crippen LogP contribution is 2.09. The van der Waals surface area contributed by atoms with Gasteiger partial charge in [0.25, 0.3) is 5.91 Å². The van der Waals surface area contributed by atoms with Gasteiger partial charge in [-0.3, -0.25) is 9.69 Å². The fourth-order valence-electron chi connectivity index (χ4n) is 2.83. The molecule has 0 saturated carbocycles. The van der Waals surface area contributed by atoms with Crippen LogP contribution in [0.15, 0.2) is 53.6 Å². The van der Waals surface area contributed by atoms with Crippen LogP contribution in [0, 0.1) is 0 Å². The molecule has 2 aromatic rings. The summed E-state index contributed by atoms with van der Waals surface area (Å²) < 4.78 is 10.0. The van der Waals surface area contributed by atoms with Gasteiger partial charge in [-0.25, -0.2) is 10.2 Å². The second-order valence-corrected chi connectivity index (χ2v) is 6.40. The van der Waals surface area contributed by atoms with Crippen molar-refractivity contribution in [2.75, 3.05) is 33.4 Å². The van der Waals surface area contributed by atoms with Gasteiger partial charge in [-0.1, -0.05) is 24.3 Å². The van der Waals surface area contributed by atoms with Crippen LogP contribution >= 0.6 is 0 Å². The average Bonchev–Trinajstić information content (AvgIpc) is 2.75. The van der Waals surface area contributed by atoms with Gasteiger partial charge in [0.2, 0.25) is 0 Å². The minimum Gasteiger partial charge on any atom is -0.465 e. The molecule has 28 heavy (non-hydrogen) atoms. The fraction of sp³-hybridized carbons (Fsp3) is 0.286. The number of hydrogen-bond acceptors (Lipinski definition) is 6. The highest BCUT2D eigenvalue weighted by molar-refractivity contribution is 5.95. The van der Waals surface area contributed by atoms with Crippen molar-refractivity contribution < 1.29 is 19.1 Å². The number of esters is 1. The maximum Gasteiger partial charge on any atom is 0.337 e. The third-order valence-electron chi connectivity index (χ3n) is 4.44. The second-order valence-electron chi connectivity index (χ2n) is 6.40.